The Morgan fingerprint density at radius 2 is 2.11 bits per heavy atom. The van der Waals surface area contributed by atoms with Crippen LogP contribution in [0.5, 0.6) is 0 Å². The van der Waals surface area contributed by atoms with Crippen molar-refractivity contribution in [1.29, 1.82) is 0 Å². The molecule has 0 unspecified atom stereocenters. The van der Waals surface area contributed by atoms with E-state index in [4.69, 9.17) is 4.74 Å². The number of nitro groups is 1. The lowest BCUT2D eigenvalue weighted by atomic mass is 10.1. The number of nitrogens with one attached hydrogen (secondary N) is 1. The third kappa shape index (κ3) is 3.00. The van der Waals surface area contributed by atoms with Gasteiger partial charge in [-0.3, -0.25) is 10.1 Å². The van der Waals surface area contributed by atoms with Crippen molar-refractivity contribution in [3.63, 3.8) is 0 Å². The van der Waals surface area contributed by atoms with Crippen LogP contribution in [0.3, 0.4) is 0 Å². The van der Waals surface area contributed by atoms with E-state index < -0.39 is 0 Å². The lowest BCUT2D eigenvalue weighted by Gasteiger charge is -2.25. The Bertz CT molecular complexity index is 459. The van der Waals surface area contributed by atoms with Gasteiger partial charge in [-0.2, -0.15) is 0 Å². The van der Waals surface area contributed by atoms with E-state index in [0.717, 1.165) is 31.7 Å². The van der Waals surface area contributed by atoms with Gasteiger partial charge in [0.25, 0.3) is 5.69 Å². The topological polar surface area (TPSA) is 64.4 Å². The first-order valence-corrected chi connectivity index (χ1v) is 6.66. The van der Waals surface area contributed by atoms with Crippen molar-refractivity contribution in [2.24, 2.45) is 0 Å². The predicted octanol–water partition coefficient (Wildman–Crippen LogP) is 3.26. The number of nitrogens with zero attached hydrogens (tertiary/aromatic N) is 1. The van der Waals surface area contributed by atoms with Gasteiger partial charge in [0.2, 0.25) is 0 Å². The number of nitro benzene ring substituents is 1. The first kappa shape index (κ1) is 13.3. The normalized spacial score (nSPS) is 16.6. The minimum atomic E-state index is -0.352. The molecule has 6 heteroatoms. The molecule has 1 aromatic carbocycles. The van der Waals surface area contributed by atoms with Crippen LogP contribution >= 0.6 is 15.9 Å². The van der Waals surface area contributed by atoms with Crippen LogP contribution in [0.2, 0.25) is 0 Å². The van der Waals surface area contributed by atoms with Gasteiger partial charge in [0.15, 0.2) is 0 Å². The summed E-state index contributed by atoms with van der Waals surface area (Å²) in [6.45, 7) is 3.26. The van der Waals surface area contributed by atoms with Crippen molar-refractivity contribution in [3.05, 3.63) is 32.3 Å². The van der Waals surface area contributed by atoms with Crippen LogP contribution in [0.1, 0.15) is 18.4 Å². The number of hydrogen-bond acceptors (Lipinski definition) is 4. The molecule has 1 aliphatic rings. The second-order valence-electron chi connectivity index (χ2n) is 4.39. The van der Waals surface area contributed by atoms with Crippen LogP contribution < -0.4 is 5.32 Å². The molecule has 18 heavy (non-hydrogen) atoms. The highest BCUT2D eigenvalue weighted by molar-refractivity contribution is 9.10. The third-order valence-corrected chi connectivity index (χ3v) is 3.58. The lowest BCUT2D eigenvalue weighted by molar-refractivity contribution is -0.385. The molecule has 0 amide bonds. The molecule has 98 valence electrons. The van der Waals surface area contributed by atoms with E-state index in [1.165, 1.54) is 6.07 Å². The summed E-state index contributed by atoms with van der Waals surface area (Å²) in [7, 11) is 0. The molecule has 1 heterocycles. The molecule has 0 aliphatic carbocycles. The largest absolute Gasteiger partial charge is 0.382 e. The number of hydrogen-bond donors (Lipinski definition) is 1. The zero-order valence-electron chi connectivity index (χ0n) is 10.1. The highest BCUT2D eigenvalue weighted by Gasteiger charge is 2.19. The summed E-state index contributed by atoms with van der Waals surface area (Å²) < 4.78 is 6.01. The number of anilines is 1. The van der Waals surface area contributed by atoms with Crippen molar-refractivity contribution in [1.82, 2.24) is 0 Å². The van der Waals surface area contributed by atoms with Crippen molar-refractivity contribution < 1.29 is 9.66 Å². The van der Waals surface area contributed by atoms with Gasteiger partial charge in [-0.15, -0.1) is 0 Å². The van der Waals surface area contributed by atoms with Gasteiger partial charge in [0.1, 0.15) is 0 Å². The molecule has 0 atom stereocenters. The molecular weight excluding hydrogens is 300 g/mol. The number of benzene rings is 1. The van der Waals surface area contributed by atoms with E-state index in [9.17, 15) is 10.1 Å². The smallest absolute Gasteiger partial charge is 0.275 e. The van der Waals surface area contributed by atoms with Gasteiger partial charge in [0, 0.05) is 41.0 Å². The van der Waals surface area contributed by atoms with E-state index in [1.807, 2.05) is 6.07 Å². The van der Waals surface area contributed by atoms with Crippen molar-refractivity contribution in [2.45, 2.75) is 25.8 Å². The molecule has 2 rings (SSSR count). The first-order valence-electron chi connectivity index (χ1n) is 5.86. The highest BCUT2D eigenvalue weighted by Crippen LogP contribution is 2.31. The maximum Gasteiger partial charge on any atom is 0.275 e. The van der Waals surface area contributed by atoms with E-state index in [1.54, 1.807) is 6.92 Å². The van der Waals surface area contributed by atoms with Gasteiger partial charge in [-0.05, 0) is 25.8 Å². The quantitative estimate of drug-likeness (QED) is 0.687. The Morgan fingerprint density at radius 3 is 2.72 bits per heavy atom. The summed E-state index contributed by atoms with van der Waals surface area (Å²) in [4.78, 5) is 10.6. The number of ether oxygens (including phenoxy) is 1. The fourth-order valence-corrected chi connectivity index (χ4v) is 2.51. The molecule has 0 aromatic heterocycles. The van der Waals surface area contributed by atoms with Crippen LogP contribution in [0.4, 0.5) is 11.4 Å². The van der Waals surface area contributed by atoms with Crippen LogP contribution in [0.25, 0.3) is 0 Å². The fraction of sp³-hybridized carbons (Fsp3) is 0.500. The molecule has 0 spiro atoms. The van der Waals surface area contributed by atoms with E-state index in [-0.39, 0.29) is 10.6 Å². The molecule has 1 aromatic rings. The number of halogens is 1. The summed E-state index contributed by atoms with van der Waals surface area (Å²) in [5.74, 6) is 0. The summed E-state index contributed by atoms with van der Waals surface area (Å²) in [5.41, 5.74) is 1.64. The van der Waals surface area contributed by atoms with Crippen LogP contribution in [0.15, 0.2) is 16.6 Å². The van der Waals surface area contributed by atoms with Crippen molar-refractivity contribution in [3.8, 4) is 0 Å². The van der Waals surface area contributed by atoms with Crippen LogP contribution in [-0.4, -0.2) is 24.2 Å². The van der Waals surface area contributed by atoms with E-state index >= 15 is 0 Å². The predicted molar refractivity (Wildman–Crippen MR) is 73.0 cm³/mol. The van der Waals surface area contributed by atoms with Gasteiger partial charge >= 0.3 is 0 Å². The average Bonchev–Trinajstić information content (AvgIpc) is 2.34. The molecule has 1 aliphatic heterocycles. The fourth-order valence-electron chi connectivity index (χ4n) is 2.07. The molecule has 1 fully saturated rings. The van der Waals surface area contributed by atoms with Crippen molar-refractivity contribution in [2.75, 3.05) is 18.5 Å². The molecule has 1 N–H and O–H groups in total. The second kappa shape index (κ2) is 5.67. The van der Waals surface area contributed by atoms with E-state index in [2.05, 4.69) is 21.2 Å². The molecular formula is C12H15BrN2O3. The molecule has 1 saturated heterocycles. The Labute approximate surface area is 114 Å². The SMILES string of the molecule is Cc1c(NC2CCOCC2)cc(Br)cc1[N+](=O)[O-]. The van der Waals surface area contributed by atoms with Crippen molar-refractivity contribution >= 4 is 27.3 Å². The van der Waals surface area contributed by atoms with Gasteiger partial charge in [-0.1, -0.05) is 15.9 Å². The summed E-state index contributed by atoms with van der Waals surface area (Å²) >= 11 is 3.31. The lowest BCUT2D eigenvalue weighted by Crippen LogP contribution is -2.28. The van der Waals surface area contributed by atoms with Crippen LogP contribution in [-0.2, 0) is 4.74 Å². The van der Waals surface area contributed by atoms with Gasteiger partial charge in [0.05, 0.1) is 4.92 Å². The van der Waals surface area contributed by atoms with E-state index in [0.29, 0.717) is 16.1 Å². The van der Waals surface area contributed by atoms with Gasteiger partial charge in [-0.25, -0.2) is 0 Å². The van der Waals surface area contributed by atoms with Crippen LogP contribution in [0, 0.1) is 17.0 Å². The maximum atomic E-state index is 11.0. The molecule has 0 radical (unpaired) electrons. The number of rotatable bonds is 3. The Morgan fingerprint density at radius 1 is 1.44 bits per heavy atom. The minimum Gasteiger partial charge on any atom is -0.382 e. The molecule has 0 saturated carbocycles. The zero-order valence-corrected chi connectivity index (χ0v) is 11.7. The maximum absolute atomic E-state index is 11.0. The Kier molecular flexibility index (Phi) is 4.19. The third-order valence-electron chi connectivity index (χ3n) is 3.12. The summed E-state index contributed by atoms with van der Waals surface area (Å²) in [6, 6.07) is 3.74. The average molecular weight is 315 g/mol. The Hall–Kier alpha value is -1.14. The minimum absolute atomic E-state index is 0.138. The first-order chi connectivity index (χ1) is 8.58. The molecule has 0 bridgehead atoms. The zero-order chi connectivity index (χ0) is 13.1. The monoisotopic (exact) mass is 314 g/mol. The summed E-state index contributed by atoms with van der Waals surface area (Å²) in [5, 5.41) is 14.3. The standard InChI is InChI=1S/C12H15BrN2O3/c1-8-11(14-10-2-4-18-5-3-10)6-9(13)7-12(8)15(16)17/h6-7,10,14H,2-5H2,1H3. The van der Waals surface area contributed by atoms with Gasteiger partial charge < -0.3 is 10.1 Å². The highest BCUT2D eigenvalue weighted by atomic mass is 79.9. The second-order valence-corrected chi connectivity index (χ2v) is 5.30. The Balaban J connectivity index is 2.23. The summed E-state index contributed by atoms with van der Waals surface area (Å²) in [6.07, 6.45) is 1.86. The molecule has 5 nitrogen and oxygen atoms in total.